The van der Waals surface area contributed by atoms with Crippen LogP contribution in [0.15, 0.2) is 28.0 Å². The van der Waals surface area contributed by atoms with Crippen LogP contribution >= 0.6 is 0 Å². The first kappa shape index (κ1) is 14.9. The predicted octanol–water partition coefficient (Wildman–Crippen LogP) is 0.470. The summed E-state index contributed by atoms with van der Waals surface area (Å²) in [7, 11) is -3.55. The number of rotatable bonds is 8. The van der Waals surface area contributed by atoms with Crippen LogP contribution in [0.3, 0.4) is 0 Å². The fraction of sp³-hybridized carbons (Fsp3) is 0.545. The topological polar surface area (TPSA) is 88.3 Å². The van der Waals surface area contributed by atoms with Crippen molar-refractivity contribution in [3.8, 4) is 0 Å². The molecule has 7 heteroatoms. The Morgan fingerprint density at radius 3 is 2.72 bits per heavy atom. The largest absolute Gasteiger partial charge is 0.381 e. The van der Waals surface area contributed by atoms with Crippen LogP contribution in [0.5, 0.6) is 0 Å². The minimum Gasteiger partial charge on any atom is -0.381 e. The van der Waals surface area contributed by atoms with Gasteiger partial charge in [-0.15, -0.1) is 0 Å². The van der Waals surface area contributed by atoms with Crippen molar-refractivity contribution in [2.45, 2.75) is 24.7 Å². The quantitative estimate of drug-likeness (QED) is 0.674. The zero-order chi connectivity index (χ0) is 13.4. The van der Waals surface area contributed by atoms with Gasteiger partial charge in [0.2, 0.25) is 15.6 Å². The molecule has 1 aromatic heterocycles. The number of aromatic amines is 1. The van der Waals surface area contributed by atoms with E-state index in [9.17, 15) is 13.2 Å². The van der Waals surface area contributed by atoms with Crippen LogP contribution in [0.2, 0.25) is 0 Å². The van der Waals surface area contributed by atoms with Gasteiger partial charge in [0.1, 0.15) is 0 Å². The first-order valence-electron chi connectivity index (χ1n) is 5.82. The molecule has 0 amide bonds. The minimum atomic E-state index is -3.55. The zero-order valence-electron chi connectivity index (χ0n) is 10.3. The second-order valence-electron chi connectivity index (χ2n) is 3.75. The minimum absolute atomic E-state index is 0.0524. The molecular formula is C11H18N2O4S. The van der Waals surface area contributed by atoms with Crippen molar-refractivity contribution in [2.24, 2.45) is 0 Å². The summed E-state index contributed by atoms with van der Waals surface area (Å²) >= 11 is 0. The van der Waals surface area contributed by atoms with Crippen molar-refractivity contribution in [2.75, 3.05) is 19.8 Å². The summed E-state index contributed by atoms with van der Waals surface area (Å²) in [5.41, 5.74) is -0.332. The molecule has 0 aliphatic carbocycles. The van der Waals surface area contributed by atoms with Crippen molar-refractivity contribution in [1.29, 1.82) is 0 Å². The Bertz CT molecular complexity index is 490. The molecule has 1 aromatic rings. The molecule has 0 saturated carbocycles. The van der Waals surface area contributed by atoms with E-state index in [1.54, 1.807) is 0 Å². The van der Waals surface area contributed by atoms with Crippen LogP contribution < -0.4 is 10.3 Å². The molecule has 0 saturated heterocycles. The summed E-state index contributed by atoms with van der Waals surface area (Å²) < 4.78 is 31.2. The van der Waals surface area contributed by atoms with E-state index in [1.807, 2.05) is 6.92 Å². The van der Waals surface area contributed by atoms with Crippen LogP contribution in [0.25, 0.3) is 0 Å². The highest BCUT2D eigenvalue weighted by atomic mass is 32.2. The van der Waals surface area contributed by atoms with Gasteiger partial charge in [0.25, 0.3) is 0 Å². The van der Waals surface area contributed by atoms with Crippen molar-refractivity contribution in [3.05, 3.63) is 28.7 Å². The van der Waals surface area contributed by atoms with Gasteiger partial charge in [-0.1, -0.05) is 6.92 Å². The molecule has 1 rings (SSSR count). The number of H-pyrrole nitrogens is 1. The molecule has 0 radical (unpaired) electrons. The molecule has 18 heavy (non-hydrogen) atoms. The van der Waals surface area contributed by atoms with E-state index in [0.717, 1.165) is 6.42 Å². The first-order valence-corrected chi connectivity index (χ1v) is 7.30. The maximum absolute atomic E-state index is 11.8. The molecule has 0 aliphatic rings. The molecule has 0 bridgehead atoms. The molecule has 2 N–H and O–H groups in total. The third kappa shape index (κ3) is 4.99. The van der Waals surface area contributed by atoms with Crippen LogP contribution in [0.1, 0.15) is 19.8 Å². The number of hydrogen-bond acceptors (Lipinski definition) is 4. The number of nitrogens with one attached hydrogen (secondary N) is 2. The summed E-state index contributed by atoms with van der Waals surface area (Å²) in [6.45, 7) is 3.54. The standard InChI is InChI=1S/C11H18N2O4S/c1-2-7-17-8-3-6-13-18(15,16)10-4-5-11(14)12-9-10/h4-5,9,13H,2-3,6-8H2,1H3,(H,12,14). The SMILES string of the molecule is CCCOCCCNS(=O)(=O)c1ccc(=O)[nH]c1. The van der Waals surface area contributed by atoms with Crippen LogP contribution in [-0.2, 0) is 14.8 Å². The van der Waals surface area contributed by atoms with Gasteiger partial charge in [-0.05, 0) is 18.9 Å². The Labute approximate surface area is 106 Å². The number of ether oxygens (including phenoxy) is 1. The Morgan fingerprint density at radius 2 is 2.11 bits per heavy atom. The van der Waals surface area contributed by atoms with E-state index in [2.05, 4.69) is 9.71 Å². The molecule has 0 atom stereocenters. The lowest BCUT2D eigenvalue weighted by molar-refractivity contribution is 0.133. The summed E-state index contributed by atoms with van der Waals surface area (Å²) in [5.74, 6) is 0. The van der Waals surface area contributed by atoms with E-state index in [-0.39, 0.29) is 10.5 Å². The average molecular weight is 274 g/mol. The Balaban J connectivity index is 2.41. The van der Waals surface area contributed by atoms with Crippen molar-refractivity contribution in [3.63, 3.8) is 0 Å². The highest BCUT2D eigenvalue weighted by Gasteiger charge is 2.12. The number of sulfonamides is 1. The highest BCUT2D eigenvalue weighted by Crippen LogP contribution is 2.03. The lowest BCUT2D eigenvalue weighted by Crippen LogP contribution is -2.26. The summed E-state index contributed by atoms with van der Waals surface area (Å²) in [4.78, 5) is 13.2. The van der Waals surface area contributed by atoms with Crippen molar-refractivity contribution >= 4 is 10.0 Å². The molecule has 0 unspecified atom stereocenters. The first-order chi connectivity index (χ1) is 8.56. The van der Waals surface area contributed by atoms with Crippen molar-refractivity contribution in [1.82, 2.24) is 9.71 Å². The number of pyridine rings is 1. The lowest BCUT2D eigenvalue weighted by atomic mass is 10.4. The fourth-order valence-corrected chi connectivity index (χ4v) is 2.31. The Hall–Kier alpha value is -1.18. The predicted molar refractivity (Wildman–Crippen MR) is 68.0 cm³/mol. The summed E-state index contributed by atoms with van der Waals surface area (Å²) in [5, 5.41) is 0. The van der Waals surface area contributed by atoms with E-state index >= 15 is 0 Å². The Morgan fingerprint density at radius 1 is 1.33 bits per heavy atom. The Kier molecular flexibility index (Phi) is 6.03. The second-order valence-corrected chi connectivity index (χ2v) is 5.52. The molecule has 1 heterocycles. The van der Waals surface area contributed by atoms with E-state index in [4.69, 9.17) is 4.74 Å². The van der Waals surface area contributed by atoms with E-state index in [0.29, 0.717) is 26.2 Å². The molecule has 0 aromatic carbocycles. The smallest absolute Gasteiger partial charge is 0.247 e. The summed E-state index contributed by atoms with van der Waals surface area (Å²) in [6, 6.07) is 2.45. The summed E-state index contributed by atoms with van der Waals surface area (Å²) in [6.07, 6.45) is 2.74. The zero-order valence-corrected chi connectivity index (χ0v) is 11.1. The van der Waals surface area contributed by atoms with Gasteiger partial charge in [-0.25, -0.2) is 13.1 Å². The average Bonchev–Trinajstić information content (AvgIpc) is 2.34. The maximum Gasteiger partial charge on any atom is 0.247 e. The van der Waals surface area contributed by atoms with Gasteiger partial charge in [0, 0.05) is 32.0 Å². The lowest BCUT2D eigenvalue weighted by Gasteiger charge is -2.06. The third-order valence-electron chi connectivity index (χ3n) is 2.17. The second kappa shape index (κ2) is 7.30. The molecule has 6 nitrogen and oxygen atoms in total. The highest BCUT2D eigenvalue weighted by molar-refractivity contribution is 7.89. The maximum atomic E-state index is 11.8. The van der Waals surface area contributed by atoms with Crippen LogP contribution in [-0.4, -0.2) is 33.2 Å². The van der Waals surface area contributed by atoms with Crippen molar-refractivity contribution < 1.29 is 13.2 Å². The number of hydrogen-bond donors (Lipinski definition) is 2. The van der Waals surface area contributed by atoms with Gasteiger partial charge in [-0.3, -0.25) is 4.79 Å². The van der Waals surface area contributed by atoms with Gasteiger partial charge in [0.15, 0.2) is 0 Å². The van der Waals surface area contributed by atoms with Gasteiger partial charge in [0.05, 0.1) is 4.90 Å². The molecular weight excluding hydrogens is 256 g/mol. The van der Waals surface area contributed by atoms with E-state index < -0.39 is 10.0 Å². The van der Waals surface area contributed by atoms with E-state index in [1.165, 1.54) is 18.3 Å². The van der Waals surface area contributed by atoms with Gasteiger partial charge in [-0.2, -0.15) is 0 Å². The van der Waals surface area contributed by atoms with Crippen LogP contribution in [0, 0.1) is 0 Å². The fourth-order valence-electron chi connectivity index (χ4n) is 1.27. The third-order valence-corrected chi connectivity index (χ3v) is 3.63. The molecule has 0 aliphatic heterocycles. The molecule has 0 spiro atoms. The normalized spacial score (nSPS) is 11.6. The van der Waals surface area contributed by atoms with Gasteiger partial charge >= 0.3 is 0 Å². The monoisotopic (exact) mass is 274 g/mol. The molecule has 0 fully saturated rings. The number of aromatic nitrogens is 1. The van der Waals surface area contributed by atoms with Gasteiger partial charge < -0.3 is 9.72 Å². The van der Waals surface area contributed by atoms with Crippen LogP contribution in [0.4, 0.5) is 0 Å². The molecule has 102 valence electrons.